The molecule has 0 radical (unpaired) electrons. The second-order valence-corrected chi connectivity index (χ2v) is 6.51. The number of fused-ring (bicyclic) bond motifs is 1. The van der Waals surface area contributed by atoms with Crippen LogP contribution in [0.2, 0.25) is 0 Å². The Morgan fingerprint density at radius 3 is 2.77 bits per heavy atom. The van der Waals surface area contributed by atoms with Crippen LogP contribution in [0.5, 0.6) is 0 Å². The summed E-state index contributed by atoms with van der Waals surface area (Å²) in [6, 6.07) is 15.5. The molecule has 1 N–H and O–H groups in total. The summed E-state index contributed by atoms with van der Waals surface area (Å²) in [4.78, 5) is 31.9. The fourth-order valence-corrected chi connectivity index (χ4v) is 3.43. The summed E-state index contributed by atoms with van der Waals surface area (Å²) in [5, 5.41) is 3.43. The molecule has 2 aromatic heterocycles. The highest BCUT2D eigenvalue weighted by Gasteiger charge is 2.27. The Morgan fingerprint density at radius 1 is 1.15 bits per heavy atom. The molecule has 0 saturated carbocycles. The molecule has 26 heavy (non-hydrogen) atoms. The molecule has 0 aliphatic carbocycles. The zero-order chi connectivity index (χ0) is 18.1. The lowest BCUT2D eigenvalue weighted by Crippen LogP contribution is -2.49. The molecule has 6 heteroatoms. The number of aryl methyl sites for hydroxylation is 1. The lowest BCUT2D eigenvalue weighted by Gasteiger charge is -2.34. The monoisotopic (exact) mass is 348 g/mol. The van der Waals surface area contributed by atoms with Gasteiger partial charge >= 0.3 is 0 Å². The van der Waals surface area contributed by atoms with E-state index in [-0.39, 0.29) is 23.1 Å². The zero-order valence-corrected chi connectivity index (χ0v) is 14.6. The third kappa shape index (κ3) is 2.88. The first-order chi connectivity index (χ1) is 12.6. The Morgan fingerprint density at radius 2 is 1.96 bits per heavy atom. The first kappa shape index (κ1) is 16.5. The summed E-state index contributed by atoms with van der Waals surface area (Å²) in [5.74, 6) is -0.261. The Hall–Kier alpha value is -2.99. The number of rotatable bonds is 2. The Bertz CT molecular complexity index is 1010. The number of pyridine rings is 1. The second kappa shape index (κ2) is 6.72. The van der Waals surface area contributed by atoms with Crippen molar-refractivity contribution in [3.05, 3.63) is 81.9 Å². The van der Waals surface area contributed by atoms with Gasteiger partial charge in [0.1, 0.15) is 11.2 Å². The summed E-state index contributed by atoms with van der Waals surface area (Å²) in [5.41, 5.74) is 2.25. The van der Waals surface area contributed by atoms with Gasteiger partial charge in [0.05, 0.1) is 0 Å². The minimum Gasteiger partial charge on any atom is -0.335 e. The molecule has 1 aromatic carbocycles. The van der Waals surface area contributed by atoms with Crippen molar-refractivity contribution < 1.29 is 4.79 Å². The van der Waals surface area contributed by atoms with E-state index in [1.807, 2.05) is 49.4 Å². The average Bonchev–Trinajstić information content (AvgIpc) is 2.69. The first-order valence-corrected chi connectivity index (χ1v) is 8.70. The molecule has 0 spiro atoms. The van der Waals surface area contributed by atoms with Crippen LogP contribution in [0.1, 0.15) is 27.7 Å². The Labute approximate surface area is 151 Å². The van der Waals surface area contributed by atoms with Crippen LogP contribution >= 0.6 is 0 Å². The number of carbonyl (C=O) groups is 1. The van der Waals surface area contributed by atoms with Crippen molar-refractivity contribution >= 4 is 11.6 Å². The minimum atomic E-state index is -0.312. The van der Waals surface area contributed by atoms with Gasteiger partial charge in [-0.2, -0.15) is 0 Å². The van der Waals surface area contributed by atoms with Gasteiger partial charge in [-0.25, -0.2) is 4.98 Å². The van der Waals surface area contributed by atoms with Crippen LogP contribution in [-0.4, -0.2) is 39.8 Å². The fourth-order valence-electron chi connectivity index (χ4n) is 3.43. The third-order valence-corrected chi connectivity index (χ3v) is 4.82. The first-order valence-electron chi connectivity index (χ1n) is 8.70. The van der Waals surface area contributed by atoms with Gasteiger partial charge < -0.3 is 10.2 Å². The molecule has 3 aromatic rings. The van der Waals surface area contributed by atoms with E-state index in [9.17, 15) is 9.59 Å². The predicted molar refractivity (Wildman–Crippen MR) is 99.3 cm³/mol. The molecule has 3 heterocycles. The van der Waals surface area contributed by atoms with E-state index in [0.717, 1.165) is 11.3 Å². The van der Waals surface area contributed by atoms with Crippen molar-refractivity contribution in [1.82, 2.24) is 19.6 Å². The van der Waals surface area contributed by atoms with Gasteiger partial charge in [-0.1, -0.05) is 36.4 Å². The lowest BCUT2D eigenvalue weighted by molar-refractivity contribution is 0.0700. The van der Waals surface area contributed by atoms with E-state index in [1.165, 1.54) is 10.6 Å². The number of nitrogens with one attached hydrogen (secondary N) is 1. The van der Waals surface area contributed by atoms with Gasteiger partial charge in [-0.05, 0) is 24.6 Å². The number of amides is 1. The van der Waals surface area contributed by atoms with E-state index >= 15 is 0 Å². The molecular formula is C20H20N4O2. The van der Waals surface area contributed by atoms with Crippen molar-refractivity contribution in [2.75, 3.05) is 19.6 Å². The normalized spacial score (nSPS) is 17.4. The van der Waals surface area contributed by atoms with E-state index in [0.29, 0.717) is 25.3 Å². The van der Waals surface area contributed by atoms with Crippen LogP contribution in [0, 0.1) is 6.92 Å². The second-order valence-electron chi connectivity index (χ2n) is 6.51. The number of piperazine rings is 1. The van der Waals surface area contributed by atoms with Crippen LogP contribution in [0.25, 0.3) is 5.65 Å². The van der Waals surface area contributed by atoms with E-state index in [2.05, 4.69) is 10.3 Å². The van der Waals surface area contributed by atoms with Crippen molar-refractivity contribution in [2.45, 2.75) is 13.0 Å². The summed E-state index contributed by atoms with van der Waals surface area (Å²) < 4.78 is 1.49. The average molecular weight is 348 g/mol. The van der Waals surface area contributed by atoms with Crippen molar-refractivity contribution in [3.63, 3.8) is 0 Å². The van der Waals surface area contributed by atoms with E-state index in [1.54, 1.807) is 11.0 Å². The topological polar surface area (TPSA) is 66.7 Å². The lowest BCUT2D eigenvalue weighted by atomic mass is 10.0. The standard InChI is InChI=1S/C20H20N4O2/c1-14-6-5-9-18-22-12-16(20(26)24(14)18)19(25)23-11-10-21-17(13-23)15-7-3-2-4-8-15/h2-9,12,17,21H,10-11,13H2,1H3/t17-/m0/s1. The Balaban J connectivity index is 1.65. The molecule has 1 atom stereocenters. The largest absolute Gasteiger partial charge is 0.335 e. The number of carbonyl (C=O) groups excluding carboxylic acids is 1. The summed E-state index contributed by atoms with van der Waals surface area (Å²) in [6.07, 6.45) is 1.40. The number of benzene rings is 1. The van der Waals surface area contributed by atoms with Crippen LogP contribution in [0.4, 0.5) is 0 Å². The smallest absolute Gasteiger partial charge is 0.270 e. The molecule has 6 nitrogen and oxygen atoms in total. The molecule has 1 aliphatic heterocycles. The quantitative estimate of drug-likeness (QED) is 0.767. The molecule has 0 unspecified atom stereocenters. The number of hydrogen-bond acceptors (Lipinski definition) is 4. The zero-order valence-electron chi connectivity index (χ0n) is 14.6. The van der Waals surface area contributed by atoms with E-state index < -0.39 is 0 Å². The van der Waals surface area contributed by atoms with Gasteiger partial charge in [-0.3, -0.25) is 14.0 Å². The van der Waals surface area contributed by atoms with Gasteiger partial charge in [0, 0.05) is 37.6 Å². The SMILES string of the molecule is Cc1cccc2ncc(C(=O)N3CCN[C@H](c4ccccc4)C3)c(=O)n12. The summed E-state index contributed by atoms with van der Waals surface area (Å²) in [6.45, 7) is 3.62. The minimum absolute atomic E-state index is 0.0619. The molecule has 1 fully saturated rings. The highest BCUT2D eigenvalue weighted by molar-refractivity contribution is 5.94. The maximum Gasteiger partial charge on any atom is 0.270 e. The number of aromatic nitrogens is 2. The fraction of sp³-hybridized carbons (Fsp3) is 0.250. The molecular weight excluding hydrogens is 328 g/mol. The van der Waals surface area contributed by atoms with E-state index in [4.69, 9.17) is 0 Å². The molecule has 1 aliphatic rings. The van der Waals surface area contributed by atoms with Gasteiger partial charge in [0.2, 0.25) is 0 Å². The van der Waals surface area contributed by atoms with Crippen molar-refractivity contribution in [3.8, 4) is 0 Å². The molecule has 4 rings (SSSR count). The number of hydrogen-bond donors (Lipinski definition) is 1. The summed E-state index contributed by atoms with van der Waals surface area (Å²) in [7, 11) is 0. The molecule has 0 bridgehead atoms. The maximum absolute atomic E-state index is 13.0. The predicted octanol–water partition coefficient (Wildman–Crippen LogP) is 1.79. The molecule has 1 saturated heterocycles. The molecule has 1 amide bonds. The Kier molecular flexibility index (Phi) is 4.26. The third-order valence-electron chi connectivity index (χ3n) is 4.82. The highest BCUT2D eigenvalue weighted by atomic mass is 16.2. The van der Waals surface area contributed by atoms with Crippen LogP contribution in [0.3, 0.4) is 0 Å². The van der Waals surface area contributed by atoms with Crippen molar-refractivity contribution in [2.24, 2.45) is 0 Å². The van der Waals surface area contributed by atoms with Crippen LogP contribution in [-0.2, 0) is 0 Å². The van der Waals surface area contributed by atoms with Crippen LogP contribution < -0.4 is 10.9 Å². The van der Waals surface area contributed by atoms with Gasteiger partial charge in [-0.15, -0.1) is 0 Å². The van der Waals surface area contributed by atoms with Crippen LogP contribution in [0.15, 0.2) is 59.5 Å². The molecule has 132 valence electrons. The van der Waals surface area contributed by atoms with Gasteiger partial charge in [0.15, 0.2) is 0 Å². The highest BCUT2D eigenvalue weighted by Crippen LogP contribution is 2.18. The van der Waals surface area contributed by atoms with Crippen molar-refractivity contribution in [1.29, 1.82) is 0 Å². The van der Waals surface area contributed by atoms with Gasteiger partial charge in [0.25, 0.3) is 11.5 Å². The number of nitrogens with zero attached hydrogens (tertiary/aromatic N) is 3. The maximum atomic E-state index is 13.0. The summed E-state index contributed by atoms with van der Waals surface area (Å²) >= 11 is 0.